The molecule has 1 N–H and O–H groups in total. The van der Waals surface area contributed by atoms with Crippen molar-refractivity contribution in [3.05, 3.63) is 21.4 Å². The van der Waals surface area contributed by atoms with Crippen LogP contribution in [0.15, 0.2) is 6.07 Å². The molecule has 8 heteroatoms. The third kappa shape index (κ3) is 4.34. The van der Waals surface area contributed by atoms with E-state index in [-0.39, 0.29) is 5.91 Å². The third-order valence-electron chi connectivity index (χ3n) is 4.74. The summed E-state index contributed by atoms with van der Waals surface area (Å²) in [7, 11) is 0. The predicted octanol–water partition coefficient (Wildman–Crippen LogP) is 3.30. The fourth-order valence-corrected chi connectivity index (χ4v) is 4.71. The van der Waals surface area contributed by atoms with Crippen molar-refractivity contribution in [1.82, 2.24) is 10.2 Å². The van der Waals surface area contributed by atoms with Crippen LogP contribution in [0.1, 0.15) is 52.2 Å². The van der Waals surface area contributed by atoms with Gasteiger partial charge in [0.1, 0.15) is 12.6 Å². The van der Waals surface area contributed by atoms with Gasteiger partial charge in [-0.3, -0.25) is 9.59 Å². The number of likely N-dealkylation sites (tertiary alicyclic amines) is 1. The minimum absolute atomic E-state index is 0.234. The molecule has 1 atom stereocenters. The van der Waals surface area contributed by atoms with Crippen LogP contribution in [0.25, 0.3) is 0 Å². The van der Waals surface area contributed by atoms with E-state index in [0.29, 0.717) is 24.3 Å². The third-order valence-corrected chi connectivity index (χ3v) is 5.96. The van der Waals surface area contributed by atoms with Gasteiger partial charge in [-0.05, 0) is 50.2 Å². The molecule has 0 aromatic carbocycles. The van der Waals surface area contributed by atoms with E-state index in [0.717, 1.165) is 25.7 Å². The highest BCUT2D eigenvalue weighted by Gasteiger charge is 2.37. The summed E-state index contributed by atoms with van der Waals surface area (Å²) in [5.74, 6) is -0.955. The van der Waals surface area contributed by atoms with E-state index in [1.165, 1.54) is 33.1 Å². The van der Waals surface area contributed by atoms with Crippen LogP contribution >= 0.6 is 11.3 Å². The molecule has 0 spiro atoms. The Morgan fingerprint density at radius 3 is 2.72 bits per heavy atom. The fraction of sp³-hybridized carbons (Fsp3) is 0.647. The molecule has 138 valence electrons. The second-order valence-corrected chi connectivity index (χ2v) is 7.75. The lowest BCUT2D eigenvalue weighted by atomic mass is 10.1. The number of aryl methyl sites for hydroxylation is 2. The molecule has 1 aliphatic heterocycles. The Hall–Kier alpha value is -1.57. The number of hydrogen-bond donors (Lipinski definition) is 1. The maximum absolute atomic E-state index is 12.8. The Morgan fingerprint density at radius 2 is 1.96 bits per heavy atom. The Balaban J connectivity index is 1.69. The zero-order valence-electron chi connectivity index (χ0n) is 13.8. The van der Waals surface area contributed by atoms with Gasteiger partial charge >= 0.3 is 6.18 Å². The number of fused-ring (bicyclic) bond motifs is 1. The molecule has 0 saturated carbocycles. The first-order valence-electron chi connectivity index (χ1n) is 8.62. The molecule has 1 aromatic heterocycles. The molecule has 1 fully saturated rings. The molecular formula is C17H21F3N2O2S. The molecule has 1 saturated heterocycles. The molecule has 4 nitrogen and oxygen atoms in total. The molecule has 0 radical (unpaired) electrons. The number of nitrogens with zero attached hydrogens (tertiary/aromatic N) is 1. The van der Waals surface area contributed by atoms with Gasteiger partial charge in [0.25, 0.3) is 5.91 Å². The van der Waals surface area contributed by atoms with Crippen LogP contribution in [-0.2, 0) is 17.6 Å². The number of carbonyl (C=O) groups excluding carboxylic acids is 2. The minimum atomic E-state index is -4.45. The van der Waals surface area contributed by atoms with Gasteiger partial charge in [-0.1, -0.05) is 6.42 Å². The van der Waals surface area contributed by atoms with Crippen LogP contribution in [0.3, 0.4) is 0 Å². The highest BCUT2D eigenvalue weighted by molar-refractivity contribution is 7.14. The molecule has 2 heterocycles. The molecule has 3 rings (SSSR count). The standard InChI is InChI=1S/C17H21F3N2O2S/c18-17(19,20)10-21-15(23)12-6-4-8-22(12)16(24)14-9-11-5-2-1-3-7-13(11)25-14/h9,12H,1-8,10H2,(H,21,23)/t12-/m0/s1. The summed E-state index contributed by atoms with van der Waals surface area (Å²) in [6.07, 6.45) is 1.95. The fourth-order valence-electron chi connectivity index (χ4n) is 3.50. The van der Waals surface area contributed by atoms with Gasteiger partial charge < -0.3 is 10.2 Å². The molecule has 0 unspecified atom stereocenters. The lowest BCUT2D eigenvalue weighted by molar-refractivity contribution is -0.140. The number of thiophene rings is 1. The first-order chi connectivity index (χ1) is 11.8. The van der Waals surface area contributed by atoms with Crippen LogP contribution in [0.2, 0.25) is 0 Å². The van der Waals surface area contributed by atoms with Crippen molar-refractivity contribution >= 4 is 23.2 Å². The van der Waals surface area contributed by atoms with Crippen LogP contribution in [-0.4, -0.2) is 42.0 Å². The van der Waals surface area contributed by atoms with Crippen molar-refractivity contribution in [2.45, 2.75) is 57.2 Å². The summed E-state index contributed by atoms with van der Waals surface area (Å²) < 4.78 is 36.9. The van der Waals surface area contributed by atoms with Crippen molar-refractivity contribution in [3.8, 4) is 0 Å². The summed E-state index contributed by atoms with van der Waals surface area (Å²) in [4.78, 5) is 28.1. The number of carbonyl (C=O) groups is 2. The summed E-state index contributed by atoms with van der Waals surface area (Å²) in [5, 5.41) is 1.90. The van der Waals surface area contributed by atoms with Crippen LogP contribution in [0.5, 0.6) is 0 Å². The minimum Gasteiger partial charge on any atom is -0.345 e. The van der Waals surface area contributed by atoms with Gasteiger partial charge in [0.15, 0.2) is 0 Å². The smallest absolute Gasteiger partial charge is 0.345 e. The molecule has 1 aliphatic carbocycles. The SMILES string of the molecule is O=C(NCC(F)(F)F)[C@@H]1CCCN1C(=O)c1cc2c(s1)CCCCC2. The predicted molar refractivity (Wildman–Crippen MR) is 88.7 cm³/mol. The van der Waals surface area contributed by atoms with E-state index in [1.54, 1.807) is 0 Å². The molecule has 0 bridgehead atoms. The Morgan fingerprint density at radius 1 is 1.20 bits per heavy atom. The van der Waals surface area contributed by atoms with E-state index >= 15 is 0 Å². The molecule has 1 aromatic rings. The van der Waals surface area contributed by atoms with Crippen molar-refractivity contribution in [3.63, 3.8) is 0 Å². The second-order valence-electron chi connectivity index (χ2n) is 6.61. The van der Waals surface area contributed by atoms with Gasteiger partial charge in [-0.2, -0.15) is 13.2 Å². The lowest BCUT2D eigenvalue weighted by Gasteiger charge is -2.23. The normalized spacial score (nSPS) is 20.9. The summed E-state index contributed by atoms with van der Waals surface area (Å²) >= 11 is 1.47. The monoisotopic (exact) mass is 374 g/mol. The summed E-state index contributed by atoms with van der Waals surface area (Å²) in [5.41, 5.74) is 1.21. The van der Waals surface area contributed by atoms with E-state index in [2.05, 4.69) is 0 Å². The van der Waals surface area contributed by atoms with Crippen LogP contribution < -0.4 is 5.32 Å². The van der Waals surface area contributed by atoms with Crippen molar-refractivity contribution in [2.24, 2.45) is 0 Å². The maximum atomic E-state index is 12.8. The average molecular weight is 374 g/mol. The Kier molecular flexibility index (Phi) is 5.36. The number of rotatable bonds is 3. The van der Waals surface area contributed by atoms with Gasteiger partial charge in [-0.25, -0.2) is 0 Å². The largest absolute Gasteiger partial charge is 0.405 e. The second kappa shape index (κ2) is 7.35. The summed E-state index contributed by atoms with van der Waals surface area (Å²) in [6.45, 7) is -0.955. The van der Waals surface area contributed by atoms with Crippen molar-refractivity contribution in [2.75, 3.05) is 13.1 Å². The van der Waals surface area contributed by atoms with Crippen molar-refractivity contribution < 1.29 is 22.8 Å². The zero-order valence-corrected chi connectivity index (χ0v) is 14.6. The van der Waals surface area contributed by atoms with Crippen LogP contribution in [0, 0.1) is 0 Å². The Labute approximate surface area is 148 Å². The molecule has 2 amide bonds. The number of amides is 2. The highest BCUT2D eigenvalue weighted by Crippen LogP contribution is 2.31. The number of nitrogens with one attached hydrogen (secondary N) is 1. The van der Waals surface area contributed by atoms with E-state index in [1.807, 2.05) is 11.4 Å². The number of hydrogen-bond acceptors (Lipinski definition) is 3. The highest BCUT2D eigenvalue weighted by atomic mass is 32.1. The van der Waals surface area contributed by atoms with Gasteiger partial charge in [0, 0.05) is 11.4 Å². The first kappa shape index (κ1) is 18.2. The number of alkyl halides is 3. The molecule has 2 aliphatic rings. The van der Waals surface area contributed by atoms with Gasteiger partial charge in [0.2, 0.25) is 5.91 Å². The quantitative estimate of drug-likeness (QED) is 0.826. The van der Waals surface area contributed by atoms with E-state index in [9.17, 15) is 22.8 Å². The van der Waals surface area contributed by atoms with Gasteiger partial charge in [-0.15, -0.1) is 11.3 Å². The van der Waals surface area contributed by atoms with Gasteiger partial charge in [0.05, 0.1) is 4.88 Å². The van der Waals surface area contributed by atoms with E-state index < -0.39 is 24.7 Å². The summed E-state index contributed by atoms with van der Waals surface area (Å²) in [6, 6.07) is 1.10. The molecule has 25 heavy (non-hydrogen) atoms. The zero-order chi connectivity index (χ0) is 18.0. The van der Waals surface area contributed by atoms with Crippen molar-refractivity contribution in [1.29, 1.82) is 0 Å². The Bertz CT molecular complexity index is 633. The van der Waals surface area contributed by atoms with E-state index in [4.69, 9.17) is 0 Å². The average Bonchev–Trinajstić information content (AvgIpc) is 3.14. The topological polar surface area (TPSA) is 49.4 Å². The number of halogens is 3. The molecular weight excluding hydrogens is 353 g/mol. The maximum Gasteiger partial charge on any atom is 0.405 e. The first-order valence-corrected chi connectivity index (χ1v) is 9.44. The van der Waals surface area contributed by atoms with Crippen LogP contribution in [0.4, 0.5) is 13.2 Å². The lowest BCUT2D eigenvalue weighted by Crippen LogP contribution is -2.47.